The van der Waals surface area contributed by atoms with Gasteiger partial charge in [-0.15, -0.1) is 0 Å². The van der Waals surface area contributed by atoms with Gasteiger partial charge < -0.3 is 10.6 Å². The van der Waals surface area contributed by atoms with Gasteiger partial charge in [-0.3, -0.25) is 4.79 Å². The molecule has 1 aliphatic rings. The lowest BCUT2D eigenvalue weighted by Gasteiger charge is -2.22. The number of carbonyl (C=O) groups excluding carboxylic acids is 1. The van der Waals surface area contributed by atoms with Crippen molar-refractivity contribution in [2.24, 2.45) is 0 Å². The highest BCUT2D eigenvalue weighted by Gasteiger charge is 2.25. The van der Waals surface area contributed by atoms with Crippen LogP contribution in [0.2, 0.25) is 0 Å². The number of unbranched alkanes of at least 4 members (excludes halogenated alkanes) is 1. The van der Waals surface area contributed by atoms with Crippen molar-refractivity contribution in [1.29, 1.82) is 0 Å². The summed E-state index contributed by atoms with van der Waals surface area (Å²) in [7, 11) is 0. The summed E-state index contributed by atoms with van der Waals surface area (Å²) in [4.78, 5) is 11.5. The van der Waals surface area contributed by atoms with Gasteiger partial charge in [-0.05, 0) is 32.2 Å². The van der Waals surface area contributed by atoms with Crippen molar-refractivity contribution in [3.8, 4) is 0 Å². The zero-order chi connectivity index (χ0) is 13.4. The Hall–Kier alpha value is -0.780. The van der Waals surface area contributed by atoms with Crippen molar-refractivity contribution in [3.63, 3.8) is 0 Å². The quantitative estimate of drug-likeness (QED) is 0.725. The highest BCUT2D eigenvalue weighted by Crippen LogP contribution is 2.21. The van der Waals surface area contributed by atoms with E-state index in [1.807, 2.05) is 0 Å². The number of halogens is 3. The number of nitrogens with one attached hydrogen (secondary N) is 2. The first kappa shape index (κ1) is 15.3. The van der Waals surface area contributed by atoms with Crippen LogP contribution in [-0.4, -0.2) is 31.2 Å². The molecule has 18 heavy (non-hydrogen) atoms. The molecule has 0 spiro atoms. The van der Waals surface area contributed by atoms with Gasteiger partial charge in [-0.1, -0.05) is 6.42 Å². The standard InChI is InChI=1S/C12H21F3N2O/c13-12(14,15)6-2-4-8-17-11(18)9-10-5-1-3-7-16-10/h10,16H,1-9H2,(H,17,18). The van der Waals surface area contributed by atoms with Crippen molar-refractivity contribution in [3.05, 3.63) is 0 Å². The molecule has 1 fully saturated rings. The highest BCUT2D eigenvalue weighted by atomic mass is 19.4. The number of piperidine rings is 1. The fraction of sp³-hybridized carbons (Fsp3) is 0.917. The Morgan fingerprint density at radius 2 is 2.06 bits per heavy atom. The first-order chi connectivity index (χ1) is 8.47. The molecule has 1 rings (SSSR count). The van der Waals surface area contributed by atoms with Crippen LogP contribution in [-0.2, 0) is 4.79 Å². The second-order valence-corrected chi connectivity index (χ2v) is 4.77. The van der Waals surface area contributed by atoms with Crippen LogP contribution in [0, 0.1) is 0 Å². The van der Waals surface area contributed by atoms with Gasteiger partial charge in [0.1, 0.15) is 0 Å². The Bertz CT molecular complexity index is 250. The van der Waals surface area contributed by atoms with Crippen LogP contribution < -0.4 is 10.6 Å². The van der Waals surface area contributed by atoms with E-state index >= 15 is 0 Å². The second-order valence-electron chi connectivity index (χ2n) is 4.77. The SMILES string of the molecule is O=C(CC1CCCCN1)NCCCCC(F)(F)F. The van der Waals surface area contributed by atoms with E-state index in [-0.39, 0.29) is 18.4 Å². The van der Waals surface area contributed by atoms with Crippen molar-refractivity contribution < 1.29 is 18.0 Å². The maximum Gasteiger partial charge on any atom is 0.389 e. The summed E-state index contributed by atoms with van der Waals surface area (Å²) in [5.41, 5.74) is 0. The lowest BCUT2D eigenvalue weighted by Crippen LogP contribution is -2.38. The molecular weight excluding hydrogens is 245 g/mol. The lowest BCUT2D eigenvalue weighted by atomic mass is 10.0. The summed E-state index contributed by atoms with van der Waals surface area (Å²) in [6.45, 7) is 1.28. The molecular formula is C12H21F3N2O. The van der Waals surface area contributed by atoms with E-state index < -0.39 is 12.6 Å². The van der Waals surface area contributed by atoms with E-state index in [1.54, 1.807) is 0 Å². The van der Waals surface area contributed by atoms with Gasteiger partial charge >= 0.3 is 6.18 Å². The predicted octanol–water partition coefficient (Wildman–Crippen LogP) is 2.37. The van der Waals surface area contributed by atoms with Crippen molar-refractivity contribution in [1.82, 2.24) is 10.6 Å². The topological polar surface area (TPSA) is 41.1 Å². The third kappa shape index (κ3) is 7.53. The molecule has 1 amide bonds. The molecule has 106 valence electrons. The minimum Gasteiger partial charge on any atom is -0.356 e. The van der Waals surface area contributed by atoms with Gasteiger partial charge in [0.05, 0.1) is 0 Å². The number of hydrogen-bond donors (Lipinski definition) is 2. The van der Waals surface area contributed by atoms with Crippen molar-refractivity contribution in [2.45, 2.75) is 57.2 Å². The highest BCUT2D eigenvalue weighted by molar-refractivity contribution is 5.76. The monoisotopic (exact) mass is 266 g/mol. The third-order valence-electron chi connectivity index (χ3n) is 3.05. The average Bonchev–Trinajstić information content (AvgIpc) is 2.28. The minimum absolute atomic E-state index is 0.0681. The maximum atomic E-state index is 11.9. The Balaban J connectivity index is 1.99. The third-order valence-corrected chi connectivity index (χ3v) is 3.05. The van der Waals surface area contributed by atoms with Crippen LogP contribution in [0.1, 0.15) is 44.9 Å². The first-order valence-corrected chi connectivity index (χ1v) is 6.54. The molecule has 1 atom stereocenters. The van der Waals surface area contributed by atoms with E-state index in [0.717, 1.165) is 25.8 Å². The van der Waals surface area contributed by atoms with Crippen molar-refractivity contribution in [2.75, 3.05) is 13.1 Å². The molecule has 0 aromatic rings. The Morgan fingerprint density at radius 3 is 2.67 bits per heavy atom. The van der Waals surface area contributed by atoms with E-state index in [9.17, 15) is 18.0 Å². The molecule has 0 aromatic heterocycles. The zero-order valence-electron chi connectivity index (χ0n) is 10.5. The van der Waals surface area contributed by atoms with Gasteiger partial charge in [0.15, 0.2) is 0 Å². The van der Waals surface area contributed by atoms with Crippen LogP contribution in [0.25, 0.3) is 0 Å². The molecule has 0 aromatic carbocycles. The molecule has 0 aliphatic carbocycles. The normalized spacial score (nSPS) is 20.7. The molecule has 1 aliphatic heterocycles. The fourth-order valence-corrected chi connectivity index (χ4v) is 2.07. The molecule has 6 heteroatoms. The van der Waals surface area contributed by atoms with Gasteiger partial charge in [0, 0.05) is 25.4 Å². The van der Waals surface area contributed by atoms with E-state index in [4.69, 9.17) is 0 Å². The lowest BCUT2D eigenvalue weighted by molar-refractivity contribution is -0.135. The fourth-order valence-electron chi connectivity index (χ4n) is 2.07. The Kier molecular flexibility index (Phi) is 6.46. The summed E-state index contributed by atoms with van der Waals surface area (Å²) in [5.74, 6) is -0.0681. The zero-order valence-corrected chi connectivity index (χ0v) is 10.5. The molecule has 1 heterocycles. The Labute approximate surface area is 106 Å². The van der Waals surface area contributed by atoms with Gasteiger partial charge in [-0.2, -0.15) is 13.2 Å². The largest absolute Gasteiger partial charge is 0.389 e. The molecule has 1 saturated heterocycles. The first-order valence-electron chi connectivity index (χ1n) is 6.54. The molecule has 1 unspecified atom stereocenters. The maximum absolute atomic E-state index is 11.9. The number of amides is 1. The predicted molar refractivity (Wildman–Crippen MR) is 63.2 cm³/mol. The summed E-state index contributed by atoms with van der Waals surface area (Å²) < 4.78 is 35.6. The summed E-state index contributed by atoms with van der Waals surface area (Å²) >= 11 is 0. The molecule has 2 N–H and O–H groups in total. The second kappa shape index (κ2) is 7.61. The number of hydrogen-bond acceptors (Lipinski definition) is 2. The molecule has 0 radical (unpaired) electrons. The number of alkyl halides is 3. The van der Waals surface area contributed by atoms with Crippen molar-refractivity contribution >= 4 is 5.91 Å². The number of rotatable bonds is 6. The van der Waals surface area contributed by atoms with Crippen LogP contribution >= 0.6 is 0 Å². The van der Waals surface area contributed by atoms with Crippen LogP contribution in [0.5, 0.6) is 0 Å². The van der Waals surface area contributed by atoms with Gasteiger partial charge in [0.25, 0.3) is 0 Å². The molecule has 0 saturated carbocycles. The van der Waals surface area contributed by atoms with E-state index in [0.29, 0.717) is 19.4 Å². The summed E-state index contributed by atoms with van der Waals surface area (Å²) in [6, 6.07) is 0.230. The summed E-state index contributed by atoms with van der Waals surface area (Å²) in [5, 5.41) is 5.93. The van der Waals surface area contributed by atoms with E-state index in [1.165, 1.54) is 0 Å². The number of carbonyl (C=O) groups is 1. The Morgan fingerprint density at radius 1 is 1.28 bits per heavy atom. The van der Waals surface area contributed by atoms with E-state index in [2.05, 4.69) is 10.6 Å². The molecule has 3 nitrogen and oxygen atoms in total. The van der Waals surface area contributed by atoms with Crippen LogP contribution in [0.3, 0.4) is 0 Å². The van der Waals surface area contributed by atoms with Gasteiger partial charge in [0.2, 0.25) is 5.91 Å². The summed E-state index contributed by atoms with van der Waals surface area (Å²) in [6.07, 6.45) is -0.690. The molecule has 0 bridgehead atoms. The van der Waals surface area contributed by atoms with Crippen LogP contribution in [0.15, 0.2) is 0 Å². The average molecular weight is 266 g/mol. The minimum atomic E-state index is -4.09. The van der Waals surface area contributed by atoms with Crippen LogP contribution in [0.4, 0.5) is 13.2 Å². The van der Waals surface area contributed by atoms with Gasteiger partial charge in [-0.25, -0.2) is 0 Å². The smallest absolute Gasteiger partial charge is 0.356 e.